The van der Waals surface area contributed by atoms with Crippen LogP contribution in [0.1, 0.15) is 27.7 Å². The molecule has 6 heteroatoms. The fraction of sp³-hybridized carbons (Fsp3) is 1.00. The van der Waals surface area contributed by atoms with Crippen LogP contribution < -0.4 is 0 Å². The van der Waals surface area contributed by atoms with Crippen molar-refractivity contribution in [2.75, 3.05) is 0 Å². The highest BCUT2D eigenvalue weighted by Crippen LogP contribution is 1.93. The Morgan fingerprint density at radius 1 is 0.833 bits per heavy atom. The second-order valence-electron chi connectivity index (χ2n) is 2.83. The molecule has 0 saturated carbocycles. The second kappa shape index (κ2) is 6.52. The minimum absolute atomic E-state index is 0.375. The summed E-state index contributed by atoms with van der Waals surface area (Å²) >= 11 is 0. The highest BCUT2D eigenvalue weighted by molar-refractivity contribution is 6.46. The SMILES string of the molecule is CC(C)OC(C)C.O[Si](O)(O)O. The van der Waals surface area contributed by atoms with E-state index in [9.17, 15) is 0 Å². The van der Waals surface area contributed by atoms with E-state index in [1.54, 1.807) is 0 Å². The van der Waals surface area contributed by atoms with Gasteiger partial charge in [-0.25, -0.2) is 0 Å². The van der Waals surface area contributed by atoms with E-state index in [2.05, 4.69) is 0 Å². The number of hydrogen-bond donors (Lipinski definition) is 4. The van der Waals surface area contributed by atoms with Crippen molar-refractivity contribution >= 4 is 9.05 Å². The molecule has 76 valence electrons. The molecule has 0 unspecified atom stereocenters. The average molecular weight is 198 g/mol. The Morgan fingerprint density at radius 2 is 1.00 bits per heavy atom. The Labute approximate surface area is 73.7 Å². The fourth-order valence-corrected chi connectivity index (χ4v) is 0.544. The van der Waals surface area contributed by atoms with Crippen LogP contribution in [0.4, 0.5) is 0 Å². The van der Waals surface area contributed by atoms with E-state index >= 15 is 0 Å². The van der Waals surface area contributed by atoms with Gasteiger partial charge >= 0.3 is 9.05 Å². The second-order valence-corrected chi connectivity index (χ2v) is 4.03. The first-order chi connectivity index (χ1) is 5.13. The van der Waals surface area contributed by atoms with Crippen molar-refractivity contribution in [3.8, 4) is 0 Å². The molecule has 0 amide bonds. The van der Waals surface area contributed by atoms with Crippen LogP contribution in [-0.2, 0) is 4.74 Å². The van der Waals surface area contributed by atoms with Crippen molar-refractivity contribution in [2.24, 2.45) is 0 Å². The first kappa shape index (κ1) is 14.5. The lowest BCUT2D eigenvalue weighted by molar-refractivity contribution is 0.0300. The molecule has 0 rings (SSSR count). The van der Waals surface area contributed by atoms with Gasteiger partial charge in [0.2, 0.25) is 0 Å². The van der Waals surface area contributed by atoms with Gasteiger partial charge < -0.3 is 23.9 Å². The van der Waals surface area contributed by atoms with Crippen molar-refractivity contribution < 1.29 is 23.9 Å². The zero-order chi connectivity index (χ0) is 10.4. The van der Waals surface area contributed by atoms with E-state index < -0.39 is 9.05 Å². The Balaban J connectivity index is 0. The molecule has 0 aromatic rings. The highest BCUT2D eigenvalue weighted by atomic mass is 28.4. The summed E-state index contributed by atoms with van der Waals surface area (Å²) in [6, 6.07) is 0. The third-order valence-electron chi connectivity index (χ3n) is 0.544. The molecule has 0 radical (unpaired) electrons. The molecule has 0 aromatic heterocycles. The molecule has 0 aliphatic rings. The Morgan fingerprint density at radius 3 is 1.00 bits per heavy atom. The van der Waals surface area contributed by atoms with Gasteiger partial charge in [0.25, 0.3) is 0 Å². The Kier molecular flexibility index (Phi) is 7.90. The summed E-state index contributed by atoms with van der Waals surface area (Å²) in [5.74, 6) is 0. The van der Waals surface area contributed by atoms with Crippen molar-refractivity contribution in [1.82, 2.24) is 0 Å². The Bertz CT molecular complexity index is 86.6. The first-order valence-electron chi connectivity index (χ1n) is 3.68. The largest absolute Gasteiger partial charge is 0.668 e. The molecule has 0 spiro atoms. The van der Waals surface area contributed by atoms with Crippen molar-refractivity contribution in [3.63, 3.8) is 0 Å². The summed E-state index contributed by atoms with van der Waals surface area (Å²) in [7, 11) is -4.61. The molecule has 0 aliphatic carbocycles. The lowest BCUT2D eigenvalue weighted by Gasteiger charge is -2.09. The molecule has 0 bridgehead atoms. The van der Waals surface area contributed by atoms with Gasteiger partial charge in [-0.1, -0.05) is 0 Å². The summed E-state index contributed by atoms with van der Waals surface area (Å²) in [5.41, 5.74) is 0. The number of hydrogen-bond acceptors (Lipinski definition) is 5. The predicted octanol–water partition coefficient (Wildman–Crippen LogP) is -0.789. The molecule has 0 saturated heterocycles. The van der Waals surface area contributed by atoms with Gasteiger partial charge in [0.15, 0.2) is 0 Å². The zero-order valence-electron chi connectivity index (χ0n) is 7.85. The molecular weight excluding hydrogens is 180 g/mol. The molecule has 0 atom stereocenters. The van der Waals surface area contributed by atoms with Crippen LogP contribution in [0.2, 0.25) is 0 Å². The predicted molar refractivity (Wildman–Crippen MR) is 46.0 cm³/mol. The van der Waals surface area contributed by atoms with Crippen LogP contribution in [-0.4, -0.2) is 40.4 Å². The maximum absolute atomic E-state index is 7.33. The summed E-state index contributed by atoms with van der Waals surface area (Å²) < 4.78 is 5.25. The van der Waals surface area contributed by atoms with E-state index in [-0.39, 0.29) is 0 Å². The number of rotatable bonds is 2. The van der Waals surface area contributed by atoms with E-state index in [1.807, 2.05) is 27.7 Å². The van der Waals surface area contributed by atoms with Gasteiger partial charge in [0.05, 0.1) is 12.2 Å². The van der Waals surface area contributed by atoms with Gasteiger partial charge in [-0.05, 0) is 27.7 Å². The van der Waals surface area contributed by atoms with Crippen LogP contribution >= 0.6 is 0 Å². The minimum atomic E-state index is -4.61. The third-order valence-corrected chi connectivity index (χ3v) is 0.544. The maximum atomic E-state index is 7.33. The van der Waals surface area contributed by atoms with Crippen LogP contribution in [0, 0.1) is 0 Å². The normalized spacial score (nSPS) is 11.5. The van der Waals surface area contributed by atoms with Crippen LogP contribution in [0.15, 0.2) is 0 Å². The molecule has 5 nitrogen and oxygen atoms in total. The van der Waals surface area contributed by atoms with Crippen molar-refractivity contribution in [2.45, 2.75) is 39.9 Å². The monoisotopic (exact) mass is 198 g/mol. The van der Waals surface area contributed by atoms with Gasteiger partial charge in [0, 0.05) is 0 Å². The van der Waals surface area contributed by atoms with Gasteiger partial charge in [-0.2, -0.15) is 0 Å². The molecule has 4 N–H and O–H groups in total. The quantitative estimate of drug-likeness (QED) is 0.437. The topological polar surface area (TPSA) is 90.2 Å². The highest BCUT2D eigenvalue weighted by Gasteiger charge is 2.22. The summed E-state index contributed by atoms with van der Waals surface area (Å²) in [5, 5.41) is 0. The lowest BCUT2D eigenvalue weighted by Crippen LogP contribution is -2.33. The van der Waals surface area contributed by atoms with Crippen molar-refractivity contribution in [3.05, 3.63) is 0 Å². The zero-order valence-corrected chi connectivity index (χ0v) is 8.85. The molecule has 0 aliphatic heterocycles. The molecule has 12 heavy (non-hydrogen) atoms. The average Bonchev–Trinajstić information content (AvgIpc) is 1.52. The van der Waals surface area contributed by atoms with Crippen LogP contribution in [0.3, 0.4) is 0 Å². The van der Waals surface area contributed by atoms with E-state index in [0.717, 1.165) is 0 Å². The molecule has 0 heterocycles. The maximum Gasteiger partial charge on any atom is 0.668 e. The van der Waals surface area contributed by atoms with Gasteiger partial charge in [-0.15, -0.1) is 0 Å². The summed E-state index contributed by atoms with van der Waals surface area (Å²) in [6.07, 6.45) is 0.750. The summed E-state index contributed by atoms with van der Waals surface area (Å²) in [6.45, 7) is 8.17. The van der Waals surface area contributed by atoms with Crippen LogP contribution in [0.25, 0.3) is 0 Å². The smallest absolute Gasteiger partial charge is 0.376 e. The third kappa shape index (κ3) is 50.5. The molecule has 0 fully saturated rings. The lowest BCUT2D eigenvalue weighted by atomic mass is 10.4. The van der Waals surface area contributed by atoms with Gasteiger partial charge in [0.1, 0.15) is 0 Å². The number of ether oxygens (including phenoxy) is 1. The molecule has 0 aromatic carbocycles. The Hall–Kier alpha value is 0.0169. The van der Waals surface area contributed by atoms with E-state index in [4.69, 9.17) is 23.9 Å². The summed E-state index contributed by atoms with van der Waals surface area (Å²) in [4.78, 5) is 29.3. The minimum Gasteiger partial charge on any atom is -0.376 e. The van der Waals surface area contributed by atoms with E-state index in [1.165, 1.54) is 0 Å². The molecular formula is C6H18O5Si. The van der Waals surface area contributed by atoms with Gasteiger partial charge in [-0.3, -0.25) is 0 Å². The van der Waals surface area contributed by atoms with Crippen LogP contribution in [0.5, 0.6) is 0 Å². The van der Waals surface area contributed by atoms with E-state index in [0.29, 0.717) is 12.2 Å². The fourth-order valence-electron chi connectivity index (χ4n) is 0.544. The van der Waals surface area contributed by atoms with Crippen molar-refractivity contribution in [1.29, 1.82) is 0 Å². The first-order valence-corrected chi connectivity index (χ1v) is 5.46. The standard InChI is InChI=1S/C6H14O.H4O4Si/c1-5(2)7-6(3)4;1-5(2,3)4/h5-6H,1-4H3;1-4H.